The Bertz CT molecular complexity index is 507. The minimum atomic E-state index is -2.98. The van der Waals surface area contributed by atoms with Crippen LogP contribution < -0.4 is 5.73 Å². The van der Waals surface area contributed by atoms with Gasteiger partial charge in [0.25, 0.3) is 0 Å². The van der Waals surface area contributed by atoms with Gasteiger partial charge in [-0.05, 0) is 30.0 Å². The zero-order valence-corrected chi connectivity index (χ0v) is 11.8. The van der Waals surface area contributed by atoms with Crippen molar-refractivity contribution < 1.29 is 8.42 Å². The van der Waals surface area contributed by atoms with Crippen LogP contribution in [0, 0.1) is 5.92 Å². The van der Waals surface area contributed by atoms with Gasteiger partial charge in [-0.15, -0.1) is 0 Å². The average Bonchev–Trinajstić information content (AvgIpc) is 3.14. The predicted molar refractivity (Wildman–Crippen MR) is 74.4 cm³/mol. The van der Waals surface area contributed by atoms with Crippen molar-refractivity contribution in [2.24, 2.45) is 11.7 Å². The largest absolute Gasteiger partial charge is 0.330 e. The number of aryl methyl sites for hydroxylation is 1. The van der Waals surface area contributed by atoms with Crippen LogP contribution in [0.15, 0.2) is 24.3 Å². The topological polar surface area (TPSA) is 60.2 Å². The van der Waals surface area contributed by atoms with Crippen LogP contribution in [0.2, 0.25) is 0 Å². The van der Waals surface area contributed by atoms with Crippen molar-refractivity contribution in [3.8, 4) is 0 Å². The summed E-state index contributed by atoms with van der Waals surface area (Å²) < 4.78 is 24.0. The Morgan fingerprint density at radius 2 is 1.78 bits per heavy atom. The van der Waals surface area contributed by atoms with E-state index < -0.39 is 9.84 Å². The molecule has 2 N–H and O–H groups in total. The first-order valence-electron chi connectivity index (χ1n) is 6.55. The standard InChI is InChI=1S/C14H21NO2S/c1-3-10-5-7-11(8-6-10)13-12(9-15)14(13)18(16,17)4-2/h5-8,12-14H,3-4,9,15H2,1-2H3/t12-,13-,14-/m0/s1. The Kier molecular flexibility index (Phi) is 3.78. The van der Waals surface area contributed by atoms with Gasteiger partial charge in [0.15, 0.2) is 9.84 Å². The third-order valence-electron chi connectivity index (χ3n) is 3.96. The first-order chi connectivity index (χ1) is 8.55. The Morgan fingerprint density at radius 3 is 2.22 bits per heavy atom. The number of sulfone groups is 1. The Labute approximate surface area is 109 Å². The molecule has 0 saturated heterocycles. The van der Waals surface area contributed by atoms with Crippen molar-refractivity contribution in [2.45, 2.75) is 31.4 Å². The van der Waals surface area contributed by atoms with Gasteiger partial charge in [-0.2, -0.15) is 0 Å². The van der Waals surface area contributed by atoms with Gasteiger partial charge in [-0.1, -0.05) is 38.1 Å². The van der Waals surface area contributed by atoms with E-state index in [1.165, 1.54) is 5.56 Å². The third kappa shape index (κ3) is 2.31. The molecule has 1 fully saturated rings. The lowest BCUT2D eigenvalue weighted by molar-refractivity contribution is 0.593. The molecule has 18 heavy (non-hydrogen) atoms. The molecule has 0 bridgehead atoms. The summed E-state index contributed by atoms with van der Waals surface area (Å²) in [6.07, 6.45) is 1.00. The third-order valence-corrected chi connectivity index (χ3v) is 6.24. The highest BCUT2D eigenvalue weighted by Gasteiger charge is 2.56. The zero-order chi connectivity index (χ0) is 13.3. The summed E-state index contributed by atoms with van der Waals surface area (Å²) in [5.74, 6) is 0.408. The van der Waals surface area contributed by atoms with Crippen LogP contribution in [-0.4, -0.2) is 26.0 Å². The van der Waals surface area contributed by atoms with E-state index in [4.69, 9.17) is 5.73 Å². The van der Waals surface area contributed by atoms with Crippen molar-refractivity contribution in [3.63, 3.8) is 0 Å². The van der Waals surface area contributed by atoms with Crippen molar-refractivity contribution in [3.05, 3.63) is 35.4 Å². The monoisotopic (exact) mass is 267 g/mol. The van der Waals surface area contributed by atoms with E-state index in [1.807, 2.05) is 0 Å². The zero-order valence-electron chi connectivity index (χ0n) is 11.0. The second-order valence-corrected chi connectivity index (χ2v) is 7.38. The SMILES string of the molecule is CCc1ccc([C@H]2[C@H](CN)[C@@H]2S(=O)(=O)CC)cc1. The van der Waals surface area contributed by atoms with Crippen LogP contribution >= 0.6 is 0 Å². The molecule has 1 aromatic carbocycles. The Hall–Kier alpha value is -0.870. The fraction of sp³-hybridized carbons (Fsp3) is 0.571. The van der Waals surface area contributed by atoms with Crippen LogP contribution in [-0.2, 0) is 16.3 Å². The van der Waals surface area contributed by atoms with Crippen molar-refractivity contribution in [1.82, 2.24) is 0 Å². The first kappa shape index (κ1) is 13.6. The number of hydrogen-bond donors (Lipinski definition) is 1. The van der Waals surface area contributed by atoms with E-state index in [2.05, 4.69) is 31.2 Å². The van der Waals surface area contributed by atoms with E-state index in [0.717, 1.165) is 12.0 Å². The maximum Gasteiger partial charge on any atom is 0.153 e. The highest BCUT2D eigenvalue weighted by molar-refractivity contribution is 7.92. The van der Waals surface area contributed by atoms with Crippen molar-refractivity contribution >= 4 is 9.84 Å². The van der Waals surface area contributed by atoms with Crippen LogP contribution in [0.5, 0.6) is 0 Å². The van der Waals surface area contributed by atoms with Crippen LogP contribution in [0.25, 0.3) is 0 Å². The summed E-state index contributed by atoms with van der Waals surface area (Å²) in [5.41, 5.74) is 8.09. The highest BCUT2D eigenvalue weighted by atomic mass is 32.2. The lowest BCUT2D eigenvalue weighted by atomic mass is 10.1. The fourth-order valence-corrected chi connectivity index (χ4v) is 4.63. The van der Waals surface area contributed by atoms with Crippen molar-refractivity contribution in [1.29, 1.82) is 0 Å². The summed E-state index contributed by atoms with van der Waals surface area (Å²) >= 11 is 0. The molecule has 1 aliphatic rings. The Balaban J connectivity index is 2.23. The molecule has 4 heteroatoms. The van der Waals surface area contributed by atoms with Crippen LogP contribution in [0.4, 0.5) is 0 Å². The molecule has 0 amide bonds. The fourth-order valence-electron chi connectivity index (χ4n) is 2.72. The molecular weight excluding hydrogens is 246 g/mol. The van der Waals surface area contributed by atoms with E-state index in [1.54, 1.807) is 6.92 Å². The van der Waals surface area contributed by atoms with Gasteiger partial charge in [0.1, 0.15) is 0 Å². The number of hydrogen-bond acceptors (Lipinski definition) is 3. The second kappa shape index (κ2) is 5.02. The maximum atomic E-state index is 12.0. The molecule has 3 nitrogen and oxygen atoms in total. The molecule has 0 radical (unpaired) electrons. The van der Waals surface area contributed by atoms with Gasteiger partial charge in [0.2, 0.25) is 0 Å². The van der Waals surface area contributed by atoms with Gasteiger partial charge in [0.05, 0.1) is 5.25 Å². The highest BCUT2D eigenvalue weighted by Crippen LogP contribution is 2.51. The van der Waals surface area contributed by atoms with E-state index >= 15 is 0 Å². The number of nitrogens with two attached hydrogens (primary N) is 1. The molecule has 0 spiro atoms. The molecule has 0 aromatic heterocycles. The first-order valence-corrected chi connectivity index (χ1v) is 8.27. The molecule has 0 unspecified atom stereocenters. The summed E-state index contributed by atoms with van der Waals surface area (Å²) in [6, 6.07) is 8.27. The lowest BCUT2D eigenvalue weighted by Crippen LogP contribution is -2.15. The smallest absolute Gasteiger partial charge is 0.153 e. The quantitative estimate of drug-likeness (QED) is 0.883. The lowest BCUT2D eigenvalue weighted by Gasteiger charge is -2.02. The molecule has 0 heterocycles. The van der Waals surface area contributed by atoms with E-state index in [-0.39, 0.29) is 22.8 Å². The van der Waals surface area contributed by atoms with E-state index in [0.29, 0.717) is 6.54 Å². The van der Waals surface area contributed by atoms with Crippen LogP contribution in [0.1, 0.15) is 30.9 Å². The van der Waals surface area contributed by atoms with Gasteiger partial charge in [0, 0.05) is 11.7 Å². The number of benzene rings is 1. The summed E-state index contributed by atoms with van der Waals surface area (Å²) in [5, 5.41) is -0.264. The maximum absolute atomic E-state index is 12.0. The van der Waals surface area contributed by atoms with Gasteiger partial charge in [-0.25, -0.2) is 8.42 Å². The molecule has 1 aromatic rings. The van der Waals surface area contributed by atoms with Crippen molar-refractivity contribution in [2.75, 3.05) is 12.3 Å². The molecule has 0 aliphatic heterocycles. The summed E-state index contributed by atoms with van der Waals surface area (Å²) in [6.45, 7) is 4.27. The summed E-state index contributed by atoms with van der Waals surface area (Å²) in [7, 11) is -2.98. The normalized spacial score (nSPS) is 27.2. The van der Waals surface area contributed by atoms with Gasteiger partial charge >= 0.3 is 0 Å². The molecule has 3 atom stereocenters. The van der Waals surface area contributed by atoms with E-state index in [9.17, 15) is 8.42 Å². The van der Waals surface area contributed by atoms with Crippen LogP contribution in [0.3, 0.4) is 0 Å². The number of rotatable bonds is 5. The Morgan fingerprint density at radius 1 is 1.17 bits per heavy atom. The summed E-state index contributed by atoms with van der Waals surface area (Å²) in [4.78, 5) is 0. The average molecular weight is 267 g/mol. The molecule has 100 valence electrons. The van der Waals surface area contributed by atoms with Gasteiger partial charge < -0.3 is 5.73 Å². The van der Waals surface area contributed by atoms with Gasteiger partial charge in [-0.3, -0.25) is 0 Å². The minimum Gasteiger partial charge on any atom is -0.330 e. The molecule has 1 saturated carbocycles. The molecular formula is C14H21NO2S. The minimum absolute atomic E-state index is 0.0995. The second-order valence-electron chi connectivity index (χ2n) is 4.94. The molecule has 2 rings (SSSR count). The predicted octanol–water partition coefficient (Wildman–Crippen LogP) is 1.72. The molecule has 1 aliphatic carbocycles.